The first-order chi connectivity index (χ1) is 13.8. The molecule has 3 rings (SSSR count). The second kappa shape index (κ2) is 7.92. The zero-order valence-electron chi connectivity index (χ0n) is 15.2. The number of non-ortho nitro benzene ring substituents is 1. The Kier molecular flexibility index (Phi) is 5.39. The number of anilines is 2. The smallest absolute Gasteiger partial charge is 0.293 e. The summed E-state index contributed by atoms with van der Waals surface area (Å²) in [6.45, 7) is 0.0558. The fraction of sp³-hybridized carbons (Fsp3) is 0.222. The zero-order chi connectivity index (χ0) is 21.1. The summed E-state index contributed by atoms with van der Waals surface area (Å²) < 4.78 is 5.03. The Morgan fingerprint density at radius 3 is 2.41 bits per heavy atom. The molecule has 1 aliphatic rings. The Morgan fingerprint density at radius 1 is 1.14 bits per heavy atom. The molecule has 2 aromatic rings. The molecule has 0 spiro atoms. The van der Waals surface area contributed by atoms with Crippen LogP contribution < -0.4 is 15.0 Å². The number of rotatable bonds is 6. The summed E-state index contributed by atoms with van der Waals surface area (Å²) in [7, 11) is 1.39. The molecule has 1 atom stereocenters. The lowest BCUT2D eigenvalue weighted by atomic mass is 10.1. The van der Waals surface area contributed by atoms with Crippen molar-refractivity contribution in [2.45, 2.75) is 6.42 Å². The van der Waals surface area contributed by atoms with Gasteiger partial charge in [0.15, 0.2) is 0 Å². The maximum absolute atomic E-state index is 12.6. The molecule has 150 valence electrons. The minimum Gasteiger partial charge on any atom is -0.497 e. The van der Waals surface area contributed by atoms with E-state index in [0.29, 0.717) is 11.4 Å². The molecule has 2 aromatic carbocycles. The Hall–Kier alpha value is -4.02. The first kappa shape index (κ1) is 19.7. The van der Waals surface area contributed by atoms with Crippen molar-refractivity contribution in [1.29, 1.82) is 0 Å². The second-order valence-electron chi connectivity index (χ2n) is 6.31. The van der Waals surface area contributed by atoms with Crippen LogP contribution in [-0.2, 0) is 9.59 Å². The Labute approximate surface area is 164 Å². The van der Waals surface area contributed by atoms with Crippen molar-refractivity contribution in [2.24, 2.45) is 5.92 Å². The number of nitro groups is 2. The average molecular weight is 400 g/mol. The Morgan fingerprint density at radius 2 is 1.83 bits per heavy atom. The monoisotopic (exact) mass is 400 g/mol. The molecule has 0 bridgehead atoms. The van der Waals surface area contributed by atoms with E-state index in [1.807, 2.05) is 0 Å². The highest BCUT2D eigenvalue weighted by molar-refractivity contribution is 6.04. The first-order valence-electron chi connectivity index (χ1n) is 8.48. The summed E-state index contributed by atoms with van der Waals surface area (Å²) >= 11 is 0. The SMILES string of the molecule is COc1ccc([N+](=O)[O-])c(NC(=O)[C@@H]2CC(=O)N(c3ccc([N+](=O)[O-])cc3)C2)c1. The second-order valence-corrected chi connectivity index (χ2v) is 6.31. The fourth-order valence-corrected chi connectivity index (χ4v) is 3.02. The van der Waals surface area contributed by atoms with Crippen molar-refractivity contribution in [3.63, 3.8) is 0 Å². The predicted molar refractivity (Wildman–Crippen MR) is 102 cm³/mol. The van der Waals surface area contributed by atoms with E-state index in [-0.39, 0.29) is 35.9 Å². The number of carbonyl (C=O) groups is 2. The van der Waals surface area contributed by atoms with Crippen LogP contribution in [0.2, 0.25) is 0 Å². The highest BCUT2D eigenvalue weighted by Gasteiger charge is 2.36. The van der Waals surface area contributed by atoms with E-state index in [1.165, 1.54) is 54.5 Å². The standard InChI is InChI=1S/C18H16N4O7/c1-29-14-6-7-16(22(27)28)15(9-14)19-18(24)11-8-17(23)20(10-11)12-2-4-13(5-3-12)21(25)26/h2-7,9,11H,8,10H2,1H3,(H,19,24)/t11-/m1/s1. The van der Waals surface area contributed by atoms with E-state index in [2.05, 4.69) is 5.32 Å². The molecule has 1 fully saturated rings. The number of methoxy groups -OCH3 is 1. The lowest BCUT2D eigenvalue weighted by Gasteiger charge is -2.16. The molecular formula is C18H16N4O7. The molecule has 0 saturated carbocycles. The van der Waals surface area contributed by atoms with Crippen LogP contribution >= 0.6 is 0 Å². The highest BCUT2D eigenvalue weighted by atomic mass is 16.6. The maximum Gasteiger partial charge on any atom is 0.293 e. The lowest BCUT2D eigenvalue weighted by Crippen LogP contribution is -2.28. The van der Waals surface area contributed by atoms with Gasteiger partial charge in [-0.3, -0.25) is 29.8 Å². The third-order valence-corrected chi connectivity index (χ3v) is 4.53. The van der Waals surface area contributed by atoms with Crippen molar-refractivity contribution < 1.29 is 24.2 Å². The molecule has 2 amide bonds. The van der Waals surface area contributed by atoms with Gasteiger partial charge in [-0.25, -0.2) is 0 Å². The van der Waals surface area contributed by atoms with E-state index < -0.39 is 21.7 Å². The largest absolute Gasteiger partial charge is 0.497 e. The van der Waals surface area contributed by atoms with E-state index in [4.69, 9.17) is 4.74 Å². The number of amides is 2. The van der Waals surface area contributed by atoms with Crippen molar-refractivity contribution >= 4 is 34.6 Å². The molecule has 0 aliphatic carbocycles. The van der Waals surface area contributed by atoms with E-state index in [1.54, 1.807) is 0 Å². The van der Waals surface area contributed by atoms with Gasteiger partial charge in [0.05, 0.1) is 22.9 Å². The number of nitro benzene ring substituents is 2. The molecule has 1 aliphatic heterocycles. The first-order valence-corrected chi connectivity index (χ1v) is 8.48. The van der Waals surface area contributed by atoms with Crippen LogP contribution in [0.15, 0.2) is 42.5 Å². The third-order valence-electron chi connectivity index (χ3n) is 4.53. The number of hydrogen-bond acceptors (Lipinski definition) is 7. The van der Waals surface area contributed by atoms with Crippen LogP contribution in [-0.4, -0.2) is 35.3 Å². The van der Waals surface area contributed by atoms with Gasteiger partial charge in [0.25, 0.3) is 11.4 Å². The molecule has 0 radical (unpaired) electrons. The predicted octanol–water partition coefficient (Wildman–Crippen LogP) is 2.50. The van der Waals surface area contributed by atoms with Gasteiger partial charge in [-0.2, -0.15) is 0 Å². The van der Waals surface area contributed by atoms with Crippen LogP contribution in [0.4, 0.5) is 22.7 Å². The summed E-state index contributed by atoms with van der Waals surface area (Å²) in [5.41, 5.74) is -0.000400. The normalized spacial score (nSPS) is 15.8. The molecule has 1 saturated heterocycles. The fourth-order valence-electron chi connectivity index (χ4n) is 3.02. The number of ether oxygens (including phenoxy) is 1. The molecule has 11 nitrogen and oxygen atoms in total. The van der Waals surface area contributed by atoms with E-state index in [9.17, 15) is 29.8 Å². The van der Waals surface area contributed by atoms with Gasteiger partial charge >= 0.3 is 0 Å². The summed E-state index contributed by atoms with van der Waals surface area (Å²) in [5.74, 6) is -1.26. The highest BCUT2D eigenvalue weighted by Crippen LogP contribution is 2.31. The molecule has 0 aromatic heterocycles. The quantitative estimate of drug-likeness (QED) is 0.579. The van der Waals surface area contributed by atoms with Crippen LogP contribution in [0.1, 0.15) is 6.42 Å². The lowest BCUT2D eigenvalue weighted by molar-refractivity contribution is -0.384. The van der Waals surface area contributed by atoms with Crippen molar-refractivity contribution in [3.8, 4) is 5.75 Å². The summed E-state index contributed by atoms with van der Waals surface area (Å²) in [5, 5.41) is 24.4. The van der Waals surface area contributed by atoms with Gasteiger partial charge in [0, 0.05) is 42.9 Å². The van der Waals surface area contributed by atoms with Crippen LogP contribution in [0.5, 0.6) is 5.75 Å². The van der Waals surface area contributed by atoms with Gasteiger partial charge in [-0.1, -0.05) is 0 Å². The minimum atomic E-state index is -0.733. The number of carbonyl (C=O) groups excluding carboxylic acids is 2. The Balaban J connectivity index is 1.75. The van der Waals surface area contributed by atoms with Crippen molar-refractivity contribution in [2.75, 3.05) is 23.9 Å². The number of nitrogens with zero attached hydrogens (tertiary/aromatic N) is 3. The molecule has 11 heteroatoms. The van der Waals surface area contributed by atoms with Gasteiger partial charge in [-0.05, 0) is 18.2 Å². The third kappa shape index (κ3) is 4.13. The Bertz CT molecular complexity index is 990. The minimum absolute atomic E-state index is 0.0272. The molecular weight excluding hydrogens is 384 g/mol. The zero-order valence-corrected chi connectivity index (χ0v) is 15.2. The van der Waals surface area contributed by atoms with E-state index in [0.717, 1.165) is 0 Å². The van der Waals surface area contributed by atoms with E-state index >= 15 is 0 Å². The molecule has 1 N–H and O–H groups in total. The molecule has 29 heavy (non-hydrogen) atoms. The number of hydrogen-bond donors (Lipinski definition) is 1. The van der Waals surface area contributed by atoms with Gasteiger partial charge in [0.2, 0.25) is 11.8 Å². The topological polar surface area (TPSA) is 145 Å². The van der Waals surface area contributed by atoms with Crippen LogP contribution in [0, 0.1) is 26.1 Å². The maximum atomic E-state index is 12.6. The average Bonchev–Trinajstić information content (AvgIpc) is 3.09. The summed E-state index contributed by atoms with van der Waals surface area (Å²) in [4.78, 5) is 47.1. The van der Waals surface area contributed by atoms with Crippen LogP contribution in [0.3, 0.4) is 0 Å². The van der Waals surface area contributed by atoms with Crippen molar-refractivity contribution in [3.05, 3.63) is 62.7 Å². The summed E-state index contributed by atoms with van der Waals surface area (Å²) in [6, 6.07) is 9.37. The van der Waals surface area contributed by atoms with Crippen LogP contribution in [0.25, 0.3) is 0 Å². The van der Waals surface area contributed by atoms with Gasteiger partial charge in [0.1, 0.15) is 11.4 Å². The number of nitrogens with one attached hydrogen (secondary N) is 1. The number of benzene rings is 2. The van der Waals surface area contributed by atoms with Crippen molar-refractivity contribution in [1.82, 2.24) is 0 Å². The molecule has 1 heterocycles. The van der Waals surface area contributed by atoms with Gasteiger partial charge < -0.3 is 15.0 Å². The molecule has 0 unspecified atom stereocenters. The van der Waals surface area contributed by atoms with Gasteiger partial charge in [-0.15, -0.1) is 0 Å². The summed E-state index contributed by atoms with van der Waals surface area (Å²) in [6.07, 6.45) is -0.0828.